The summed E-state index contributed by atoms with van der Waals surface area (Å²) in [7, 11) is 0. The number of benzene rings is 1. The van der Waals surface area contributed by atoms with Crippen molar-refractivity contribution in [3.05, 3.63) is 60.0 Å². The highest BCUT2D eigenvalue weighted by atomic mass is 16.2. The zero-order chi connectivity index (χ0) is 51.2. The number of carbonyl (C=O) groups is 5. The fourth-order valence-electron chi connectivity index (χ4n) is 14.9. The quantitative estimate of drug-likeness (QED) is 0.149. The number of hydrogen-bond donors (Lipinski definition) is 2. The van der Waals surface area contributed by atoms with E-state index in [1.807, 2.05) is 18.5 Å². The largest absolute Gasteiger partial charge is 0.366 e. The molecule has 3 aromatic heterocycles. The summed E-state index contributed by atoms with van der Waals surface area (Å²) in [6, 6.07) is 14.0. The smallest absolute Gasteiger partial charge is 0.238 e. The highest BCUT2D eigenvalue weighted by Crippen LogP contribution is 2.54. The van der Waals surface area contributed by atoms with Crippen molar-refractivity contribution < 1.29 is 24.0 Å². The molecule has 1 aromatic carbocycles. The number of imidazole rings is 1. The van der Waals surface area contributed by atoms with Crippen LogP contribution in [-0.4, -0.2) is 134 Å². The van der Waals surface area contributed by atoms with E-state index in [0.717, 1.165) is 161 Å². The fraction of sp³-hybridized carbons (Fsp3) is 0.627. The maximum absolute atomic E-state index is 15.3. The van der Waals surface area contributed by atoms with Gasteiger partial charge in [-0.2, -0.15) is 0 Å². The van der Waals surface area contributed by atoms with Crippen molar-refractivity contribution in [3.8, 4) is 11.3 Å². The van der Waals surface area contributed by atoms with Crippen LogP contribution in [-0.2, 0) is 29.4 Å². The Kier molecular flexibility index (Phi) is 12.5. The van der Waals surface area contributed by atoms with E-state index in [0.29, 0.717) is 50.9 Å². The molecule has 75 heavy (non-hydrogen) atoms. The molecular formula is C59H75N11O5. The Morgan fingerprint density at radius 1 is 0.747 bits per heavy atom. The maximum Gasteiger partial charge on any atom is 0.238 e. The molecule has 9 heterocycles. The van der Waals surface area contributed by atoms with E-state index in [1.165, 1.54) is 19.3 Å². The Balaban J connectivity index is 0.646. The van der Waals surface area contributed by atoms with Crippen LogP contribution in [0, 0.1) is 17.3 Å². The van der Waals surface area contributed by atoms with Crippen molar-refractivity contribution in [2.75, 3.05) is 67.5 Å². The molecule has 396 valence electrons. The molecule has 5 amide bonds. The molecule has 3 aliphatic carbocycles. The third-order valence-electron chi connectivity index (χ3n) is 19.8. The molecule has 8 fully saturated rings. The molecule has 2 spiro atoms. The van der Waals surface area contributed by atoms with Gasteiger partial charge >= 0.3 is 0 Å². The van der Waals surface area contributed by atoms with Gasteiger partial charge in [0.25, 0.3) is 0 Å². The van der Waals surface area contributed by atoms with Crippen molar-refractivity contribution in [3.63, 3.8) is 0 Å². The fourth-order valence-corrected chi connectivity index (χ4v) is 14.9. The third-order valence-corrected chi connectivity index (χ3v) is 19.8. The van der Waals surface area contributed by atoms with Gasteiger partial charge < -0.3 is 34.4 Å². The first-order chi connectivity index (χ1) is 36.4. The van der Waals surface area contributed by atoms with Crippen LogP contribution in [0.25, 0.3) is 22.3 Å². The van der Waals surface area contributed by atoms with E-state index in [-0.39, 0.29) is 64.8 Å². The molecule has 16 nitrogen and oxygen atoms in total. The molecule has 4 aromatic rings. The Labute approximate surface area is 440 Å². The summed E-state index contributed by atoms with van der Waals surface area (Å²) in [6.45, 7) is 10.9. The van der Waals surface area contributed by atoms with E-state index >= 15 is 4.79 Å². The van der Waals surface area contributed by atoms with Gasteiger partial charge in [-0.1, -0.05) is 24.6 Å². The lowest BCUT2D eigenvalue weighted by Gasteiger charge is -2.48. The second-order valence-electron chi connectivity index (χ2n) is 24.6. The number of nitrogens with one attached hydrogen (secondary N) is 2. The first-order valence-electron chi connectivity index (χ1n) is 28.9. The molecule has 16 heteroatoms. The van der Waals surface area contributed by atoms with E-state index in [4.69, 9.17) is 9.97 Å². The molecule has 0 bridgehead atoms. The number of anilines is 3. The molecule has 6 aliphatic heterocycles. The van der Waals surface area contributed by atoms with Crippen molar-refractivity contribution in [1.29, 1.82) is 0 Å². The standard InChI is InChI=1S/C59H75N11O5/c1-37(2)69-36-61-48-33-47(63-53(52(48)69)62-42-8-9-42)39-6-11-46-49(30-39)70(44-31-43(32-44)65-22-4-3-5-23-65)57(75)59(46)20-28-68(29-21-59)56(74)40-14-17-58(34-40)18-26-67(27-19-58)55(73)38-15-24-66(25-16-38)50-12-7-41(35-60-50)45-10-13-51(71)64-54(45)72/h6-7,11-12,30,33,35-38,40,42-45H,3-5,8-10,13-29,31-32,34H2,1-2H3,(H,62,63)(H,64,71,72). The minimum atomic E-state index is -0.651. The van der Waals surface area contributed by atoms with Crippen LogP contribution >= 0.6 is 0 Å². The number of aromatic nitrogens is 4. The van der Waals surface area contributed by atoms with Crippen LogP contribution in [0.2, 0.25) is 0 Å². The number of nitrogens with zero attached hydrogens (tertiary/aromatic N) is 9. The number of piperidine rings is 5. The summed E-state index contributed by atoms with van der Waals surface area (Å²) in [5, 5.41) is 6.15. The lowest BCUT2D eigenvalue weighted by molar-refractivity contribution is -0.140. The average Bonchev–Trinajstić information content (AvgIpc) is 3.96. The Morgan fingerprint density at radius 2 is 1.48 bits per heavy atom. The van der Waals surface area contributed by atoms with Crippen LogP contribution in [0.15, 0.2) is 48.9 Å². The SMILES string of the molecule is CC(C)n1cnc2cc(-c3ccc4c(c3)N(C3CC(N5CCCCC5)C3)C(=O)C43CCN(C(=O)C4CCC5(CCN(C(=O)C6CCN(c7ccc(C8CCC(=O)NC8=O)cn7)CC6)CC5)C4)CC3)nc(NC3CC3)c21. The van der Waals surface area contributed by atoms with Crippen molar-refractivity contribution >= 4 is 57.9 Å². The number of rotatable bonds is 10. The monoisotopic (exact) mass is 1020 g/mol. The number of amides is 5. The first-order valence-corrected chi connectivity index (χ1v) is 28.9. The van der Waals surface area contributed by atoms with E-state index in [1.54, 1.807) is 6.20 Å². The van der Waals surface area contributed by atoms with Gasteiger partial charge in [0.2, 0.25) is 29.5 Å². The van der Waals surface area contributed by atoms with Gasteiger partial charge in [0.05, 0.1) is 28.9 Å². The van der Waals surface area contributed by atoms with Gasteiger partial charge in [0, 0.05) is 99.1 Å². The zero-order valence-electron chi connectivity index (χ0n) is 44.1. The van der Waals surface area contributed by atoms with Crippen molar-refractivity contribution in [2.24, 2.45) is 17.3 Å². The number of likely N-dealkylation sites (tertiary alicyclic amines) is 3. The predicted molar refractivity (Wildman–Crippen MR) is 287 cm³/mol. The number of carbonyl (C=O) groups excluding carboxylic acids is 5. The molecule has 3 saturated carbocycles. The van der Waals surface area contributed by atoms with Crippen molar-refractivity contribution in [1.82, 2.24) is 39.5 Å². The van der Waals surface area contributed by atoms with Gasteiger partial charge in [-0.3, -0.25) is 29.3 Å². The minimum Gasteiger partial charge on any atom is -0.366 e. The van der Waals surface area contributed by atoms with Crippen LogP contribution in [0.4, 0.5) is 17.3 Å². The molecule has 2 N–H and O–H groups in total. The Bertz CT molecular complexity index is 2880. The molecule has 2 atom stereocenters. The van der Waals surface area contributed by atoms with E-state index < -0.39 is 5.41 Å². The van der Waals surface area contributed by atoms with Crippen LogP contribution in [0.5, 0.6) is 0 Å². The molecule has 13 rings (SSSR count). The average molecular weight is 1020 g/mol. The van der Waals surface area contributed by atoms with Crippen LogP contribution in [0.3, 0.4) is 0 Å². The number of pyridine rings is 2. The van der Waals surface area contributed by atoms with Gasteiger partial charge in [0.1, 0.15) is 11.3 Å². The molecule has 5 saturated heterocycles. The Morgan fingerprint density at radius 3 is 2.17 bits per heavy atom. The van der Waals surface area contributed by atoms with Crippen LogP contribution in [0.1, 0.15) is 153 Å². The summed E-state index contributed by atoms with van der Waals surface area (Å²) in [6.07, 6.45) is 20.2. The number of imide groups is 1. The summed E-state index contributed by atoms with van der Waals surface area (Å²) in [5.74, 6) is 1.62. The van der Waals surface area contributed by atoms with Crippen molar-refractivity contribution in [2.45, 2.75) is 165 Å². The molecule has 9 aliphatic rings. The lowest BCUT2D eigenvalue weighted by Crippen LogP contribution is -2.58. The molecular weight excluding hydrogens is 943 g/mol. The lowest BCUT2D eigenvalue weighted by atomic mass is 9.73. The predicted octanol–water partition coefficient (Wildman–Crippen LogP) is 7.72. The first kappa shape index (κ1) is 48.7. The summed E-state index contributed by atoms with van der Waals surface area (Å²) in [4.78, 5) is 93.9. The molecule has 2 unspecified atom stereocenters. The minimum absolute atomic E-state index is 0.00762. The number of hydrogen-bond acceptors (Lipinski definition) is 11. The second-order valence-corrected chi connectivity index (χ2v) is 24.6. The summed E-state index contributed by atoms with van der Waals surface area (Å²) < 4.78 is 2.21. The highest BCUT2D eigenvalue weighted by Gasteiger charge is 2.56. The topological polar surface area (TPSA) is 169 Å². The second kappa shape index (κ2) is 19.3. The molecule has 0 radical (unpaired) electrons. The normalized spacial score (nSPS) is 27.1. The van der Waals surface area contributed by atoms with Gasteiger partial charge in [0.15, 0.2) is 5.82 Å². The maximum atomic E-state index is 15.3. The van der Waals surface area contributed by atoms with Gasteiger partial charge in [-0.05, 0) is 164 Å². The van der Waals surface area contributed by atoms with Crippen LogP contribution < -0.4 is 20.4 Å². The van der Waals surface area contributed by atoms with Gasteiger partial charge in [-0.25, -0.2) is 15.0 Å². The van der Waals surface area contributed by atoms with E-state index in [9.17, 15) is 19.2 Å². The number of fused-ring (bicyclic) bond motifs is 3. The summed E-state index contributed by atoms with van der Waals surface area (Å²) >= 11 is 0. The highest BCUT2D eigenvalue weighted by molar-refractivity contribution is 6.09. The zero-order valence-corrected chi connectivity index (χ0v) is 44.1. The van der Waals surface area contributed by atoms with E-state index in [2.05, 4.69) is 82.8 Å². The van der Waals surface area contributed by atoms with Gasteiger partial charge in [-0.15, -0.1) is 0 Å². The third kappa shape index (κ3) is 8.88. The Hall–Kier alpha value is -5.90. The summed E-state index contributed by atoms with van der Waals surface area (Å²) in [5.41, 5.74) is 6.26.